The number of rotatable bonds is 14. The Morgan fingerprint density at radius 1 is 1.00 bits per heavy atom. The monoisotopic (exact) mass is 637 g/mol. The van der Waals surface area contributed by atoms with Crippen molar-refractivity contribution in [3.8, 4) is 5.75 Å². The van der Waals surface area contributed by atoms with Gasteiger partial charge in [0.1, 0.15) is 29.8 Å². The summed E-state index contributed by atoms with van der Waals surface area (Å²) in [6, 6.07) is 9.14. The van der Waals surface area contributed by atoms with Crippen LogP contribution in [0.4, 0.5) is 0 Å². The Kier molecular flexibility index (Phi) is 14.1. The van der Waals surface area contributed by atoms with Gasteiger partial charge in [-0.05, 0) is 82.4 Å². The number of carboxylic acid groups (broad SMARTS) is 1. The Morgan fingerprint density at radius 3 is 2.17 bits per heavy atom. The minimum atomic E-state index is -1.23. The molecule has 0 unspecified atom stereocenters. The smallest absolute Gasteiger partial charge is 0.279 e. The van der Waals surface area contributed by atoms with E-state index in [2.05, 4.69) is 17.3 Å². The zero-order valence-corrected chi connectivity index (χ0v) is 28.5. The van der Waals surface area contributed by atoms with Gasteiger partial charge in [0.2, 0.25) is 0 Å². The third kappa shape index (κ3) is 9.88. The summed E-state index contributed by atoms with van der Waals surface area (Å²) in [6.07, 6.45) is 16.5. The summed E-state index contributed by atoms with van der Waals surface area (Å²) in [5.41, 5.74) is 2.75. The van der Waals surface area contributed by atoms with Crippen molar-refractivity contribution in [2.45, 2.75) is 135 Å². The highest BCUT2D eigenvalue weighted by molar-refractivity contribution is 5.76. The number of nitrogens with two attached hydrogens (primary N) is 1. The number of aromatic nitrogens is 4. The molecule has 0 spiro atoms. The van der Waals surface area contributed by atoms with Crippen LogP contribution in [0.3, 0.4) is 0 Å². The van der Waals surface area contributed by atoms with Crippen LogP contribution >= 0.6 is 0 Å². The molecule has 2 aliphatic rings. The standard InChI is InChI=1S/C24H32N4O5.C12H23N/c1-5-8-18-21-22(27(4)26-18)23(29)28(20(6-2)25-21)13-14-33-17-11-9-16(10-12-17)15-19(24(30)31)32-7-3;1-3-7-11(8-4-1)13-12-9-5-2-6-10-12/h9-12,19H,5-8,13-15H2,1-4H3,(H,30,31);11-13H,1-10H2/t19-;/m0./s1. The maximum absolute atomic E-state index is 13.2. The lowest BCUT2D eigenvalue weighted by Gasteiger charge is -2.27. The lowest BCUT2D eigenvalue weighted by molar-refractivity contribution is -0.725. The Bertz CT molecular complexity index is 1410. The maximum atomic E-state index is 13.2. The van der Waals surface area contributed by atoms with E-state index in [1.807, 2.05) is 6.92 Å². The third-order valence-electron chi connectivity index (χ3n) is 9.30. The van der Waals surface area contributed by atoms with Crippen LogP contribution in [0.5, 0.6) is 5.75 Å². The van der Waals surface area contributed by atoms with Gasteiger partial charge < -0.3 is 24.7 Å². The summed E-state index contributed by atoms with van der Waals surface area (Å²) < 4.78 is 14.3. The summed E-state index contributed by atoms with van der Waals surface area (Å²) in [5.74, 6) is 0.113. The molecular formula is C36H55N5O5. The molecule has 2 aromatic heterocycles. The predicted molar refractivity (Wildman–Crippen MR) is 178 cm³/mol. The maximum Gasteiger partial charge on any atom is 0.279 e. The van der Waals surface area contributed by atoms with Gasteiger partial charge in [0, 0.05) is 26.5 Å². The highest BCUT2D eigenvalue weighted by Gasteiger charge is 2.23. The fraction of sp³-hybridized carbons (Fsp3) is 0.667. The largest absolute Gasteiger partial charge is 0.547 e. The first-order chi connectivity index (χ1) is 22.3. The van der Waals surface area contributed by atoms with Crippen molar-refractivity contribution in [2.24, 2.45) is 7.05 Å². The number of carbonyl (C=O) groups excluding carboxylic acids is 1. The molecule has 3 aromatic rings. The molecule has 254 valence electrons. The van der Waals surface area contributed by atoms with Gasteiger partial charge in [-0.15, -0.1) is 0 Å². The van der Waals surface area contributed by atoms with Crippen molar-refractivity contribution in [1.82, 2.24) is 19.3 Å². The van der Waals surface area contributed by atoms with E-state index in [1.165, 1.54) is 64.2 Å². The molecule has 2 heterocycles. The van der Waals surface area contributed by atoms with Crippen molar-refractivity contribution < 1.29 is 24.7 Å². The second-order valence-electron chi connectivity index (χ2n) is 12.8. The fourth-order valence-corrected chi connectivity index (χ4v) is 6.91. The van der Waals surface area contributed by atoms with Crippen LogP contribution < -0.4 is 20.7 Å². The number of ether oxygens (including phenoxy) is 2. The van der Waals surface area contributed by atoms with Crippen LogP contribution in [0.15, 0.2) is 29.1 Å². The van der Waals surface area contributed by atoms with Gasteiger partial charge in [0.15, 0.2) is 5.52 Å². The molecule has 10 heteroatoms. The van der Waals surface area contributed by atoms with Crippen molar-refractivity contribution in [3.05, 3.63) is 51.7 Å². The summed E-state index contributed by atoms with van der Waals surface area (Å²) in [7, 11) is 1.77. The van der Waals surface area contributed by atoms with Crippen LogP contribution in [0, 0.1) is 0 Å². The summed E-state index contributed by atoms with van der Waals surface area (Å²) >= 11 is 0. The average Bonchev–Trinajstić information content (AvgIpc) is 3.38. The molecule has 0 saturated heterocycles. The van der Waals surface area contributed by atoms with Gasteiger partial charge in [-0.1, -0.05) is 45.2 Å². The molecule has 1 atom stereocenters. The van der Waals surface area contributed by atoms with E-state index in [0.717, 1.165) is 36.2 Å². The molecule has 2 N–H and O–H groups in total. The van der Waals surface area contributed by atoms with E-state index >= 15 is 0 Å². The number of benzene rings is 1. The zero-order valence-electron chi connectivity index (χ0n) is 28.5. The van der Waals surface area contributed by atoms with Crippen LogP contribution in [-0.2, 0) is 42.4 Å². The number of carbonyl (C=O) groups is 1. The second-order valence-corrected chi connectivity index (χ2v) is 12.8. The first-order valence-electron chi connectivity index (χ1n) is 17.7. The Labute approximate surface area is 273 Å². The number of fused-ring (bicyclic) bond motifs is 1. The highest BCUT2D eigenvalue weighted by Crippen LogP contribution is 2.19. The second kappa shape index (κ2) is 18.2. The molecule has 1 aromatic carbocycles. The average molecular weight is 638 g/mol. The topological polar surface area (TPSA) is 128 Å². The van der Waals surface area contributed by atoms with E-state index in [4.69, 9.17) is 14.5 Å². The van der Waals surface area contributed by atoms with Crippen LogP contribution in [0.2, 0.25) is 0 Å². The molecule has 0 radical (unpaired) electrons. The quantitative estimate of drug-likeness (QED) is 0.286. The lowest BCUT2D eigenvalue weighted by atomic mass is 9.91. The molecular weight excluding hydrogens is 582 g/mol. The number of aliphatic carboxylic acids is 1. The molecule has 2 saturated carbocycles. The van der Waals surface area contributed by atoms with Crippen LogP contribution in [0.1, 0.15) is 108 Å². The first kappa shape index (κ1) is 35.6. The Balaban J connectivity index is 0.000000305. The zero-order chi connectivity index (χ0) is 32.9. The van der Waals surface area contributed by atoms with Crippen LogP contribution in [0.25, 0.3) is 11.0 Å². The Morgan fingerprint density at radius 2 is 1.63 bits per heavy atom. The van der Waals surface area contributed by atoms with E-state index in [9.17, 15) is 14.7 Å². The molecule has 0 bridgehead atoms. The van der Waals surface area contributed by atoms with Crippen LogP contribution in [-0.4, -0.2) is 56.7 Å². The number of hydrogen-bond donors (Lipinski definition) is 1. The lowest BCUT2D eigenvalue weighted by Crippen LogP contribution is -2.95. The minimum Gasteiger partial charge on any atom is -0.547 e. The number of carboxylic acids is 1. The van der Waals surface area contributed by atoms with E-state index in [-0.39, 0.29) is 12.0 Å². The van der Waals surface area contributed by atoms with Crippen molar-refractivity contribution in [3.63, 3.8) is 0 Å². The van der Waals surface area contributed by atoms with Gasteiger partial charge in [-0.3, -0.25) is 14.0 Å². The molecule has 10 nitrogen and oxygen atoms in total. The number of quaternary nitrogens is 1. The molecule has 0 aliphatic heterocycles. The first-order valence-corrected chi connectivity index (χ1v) is 17.7. The molecule has 0 amide bonds. The van der Waals surface area contributed by atoms with Crippen molar-refractivity contribution in [2.75, 3.05) is 13.2 Å². The number of nitrogens with zero attached hydrogens (tertiary/aromatic N) is 4. The normalized spacial score (nSPS) is 16.6. The highest BCUT2D eigenvalue weighted by atomic mass is 16.5. The third-order valence-corrected chi connectivity index (χ3v) is 9.30. The molecule has 5 rings (SSSR count). The molecule has 2 fully saturated rings. The van der Waals surface area contributed by atoms with Gasteiger partial charge in [-0.25, -0.2) is 4.98 Å². The van der Waals surface area contributed by atoms with Gasteiger partial charge in [0.05, 0.1) is 30.3 Å². The van der Waals surface area contributed by atoms with Gasteiger partial charge >= 0.3 is 0 Å². The summed E-state index contributed by atoms with van der Waals surface area (Å²) in [6.45, 7) is 6.75. The van der Waals surface area contributed by atoms with Gasteiger partial charge in [0.25, 0.3) is 5.56 Å². The number of aryl methyl sites for hydroxylation is 3. The summed E-state index contributed by atoms with van der Waals surface area (Å²) in [5, 5.41) is 18.4. The SMILES string of the molecule is C1CCC([NH2+]C2CCCCC2)CC1.CCCc1nn(C)c2c(=O)n(CCOc3ccc(C[C@H](OCC)C(=O)[O-])cc3)c(CC)nc12. The fourth-order valence-electron chi connectivity index (χ4n) is 6.91. The van der Waals surface area contributed by atoms with Crippen molar-refractivity contribution in [1.29, 1.82) is 0 Å². The van der Waals surface area contributed by atoms with Gasteiger partial charge in [-0.2, -0.15) is 5.10 Å². The molecule has 2 aliphatic carbocycles. The number of hydrogen-bond acceptors (Lipinski definition) is 7. The summed E-state index contributed by atoms with van der Waals surface area (Å²) in [4.78, 5) is 29.1. The van der Waals surface area contributed by atoms with E-state index < -0.39 is 12.1 Å². The molecule has 46 heavy (non-hydrogen) atoms. The van der Waals surface area contributed by atoms with E-state index in [1.54, 1.807) is 47.5 Å². The van der Waals surface area contributed by atoms with E-state index in [0.29, 0.717) is 48.8 Å². The minimum absolute atomic E-state index is 0.114. The Hall–Kier alpha value is -3.24. The predicted octanol–water partition coefficient (Wildman–Crippen LogP) is 3.64. The van der Waals surface area contributed by atoms with Crippen molar-refractivity contribution >= 4 is 17.0 Å².